The Morgan fingerprint density at radius 3 is 2.48 bits per heavy atom. The smallest absolute Gasteiger partial charge is 0.126 e. The van der Waals surface area contributed by atoms with Crippen LogP contribution in [0.25, 0.3) is 0 Å². The van der Waals surface area contributed by atoms with Gasteiger partial charge in [0.15, 0.2) is 0 Å². The summed E-state index contributed by atoms with van der Waals surface area (Å²) in [6.07, 6.45) is 6.93. The first kappa shape index (κ1) is 16.8. The second-order valence-electron chi connectivity index (χ2n) is 6.92. The van der Waals surface area contributed by atoms with Crippen molar-refractivity contribution >= 4 is 0 Å². The van der Waals surface area contributed by atoms with Gasteiger partial charge >= 0.3 is 0 Å². The van der Waals surface area contributed by atoms with Crippen LogP contribution in [-0.2, 0) is 0 Å². The molecule has 2 bridgehead atoms. The van der Waals surface area contributed by atoms with Gasteiger partial charge in [0.2, 0.25) is 0 Å². The summed E-state index contributed by atoms with van der Waals surface area (Å²) in [4.78, 5) is 4.73. The number of rotatable bonds is 2. The molecule has 1 aliphatic heterocycles. The average molecular weight is 310 g/mol. The van der Waals surface area contributed by atoms with Gasteiger partial charge in [-0.05, 0) is 38.6 Å². The fraction of sp³-hybridized carbons (Fsp3) is 0.765. The molecule has 4 atom stereocenters. The maximum Gasteiger partial charge on any atom is 0.126 e. The average Bonchev–Trinajstić information content (AvgIpc) is 3.04. The number of aliphatic hydroxyl groups is 1. The third kappa shape index (κ3) is 3.81. The van der Waals surface area contributed by atoms with Crippen molar-refractivity contribution in [3.8, 4) is 11.8 Å². The number of hydrogen-bond acceptors (Lipinski definition) is 3. The van der Waals surface area contributed by atoms with E-state index >= 15 is 0 Å². The van der Waals surface area contributed by atoms with Crippen molar-refractivity contribution in [2.24, 2.45) is 17.8 Å². The summed E-state index contributed by atoms with van der Waals surface area (Å²) >= 11 is 0. The summed E-state index contributed by atoms with van der Waals surface area (Å²) in [6.45, 7) is 7.11. The first-order chi connectivity index (χ1) is 9.54. The highest BCUT2D eigenvalue weighted by Gasteiger charge is 2.44. The van der Waals surface area contributed by atoms with Crippen LogP contribution in [0.4, 0.5) is 0 Å². The van der Waals surface area contributed by atoms with Crippen LogP contribution < -0.4 is 12.4 Å². The Morgan fingerprint density at radius 1 is 1.19 bits per heavy atom. The lowest BCUT2D eigenvalue weighted by Crippen LogP contribution is -3.00. The minimum Gasteiger partial charge on any atom is -1.00 e. The molecule has 0 amide bonds. The molecule has 3 aliphatic rings. The van der Waals surface area contributed by atoms with Crippen LogP contribution in [0.15, 0.2) is 12.2 Å². The Kier molecular flexibility index (Phi) is 5.38. The molecular formula is C17H26ClN2O-. The second kappa shape index (κ2) is 6.71. The van der Waals surface area contributed by atoms with Crippen LogP contribution in [0.2, 0.25) is 0 Å². The van der Waals surface area contributed by atoms with Gasteiger partial charge in [0.25, 0.3) is 0 Å². The van der Waals surface area contributed by atoms with Gasteiger partial charge < -0.3 is 22.4 Å². The highest BCUT2D eigenvalue weighted by Crippen LogP contribution is 2.47. The van der Waals surface area contributed by atoms with Crippen LogP contribution in [-0.4, -0.2) is 60.3 Å². The Balaban J connectivity index is 0.00000161. The monoisotopic (exact) mass is 309 g/mol. The van der Waals surface area contributed by atoms with Crippen molar-refractivity contribution in [2.75, 3.05) is 39.8 Å². The molecule has 0 aromatic carbocycles. The van der Waals surface area contributed by atoms with E-state index in [1.165, 1.54) is 6.42 Å². The normalized spacial score (nSPS) is 34.9. The predicted octanol–water partition coefficient (Wildman–Crippen LogP) is -1.80. The first-order valence-corrected chi connectivity index (χ1v) is 7.86. The number of piperazine rings is 1. The van der Waals surface area contributed by atoms with Crippen LogP contribution in [0.3, 0.4) is 0 Å². The Labute approximate surface area is 134 Å². The number of allylic oxidation sites excluding steroid dienone is 2. The summed E-state index contributed by atoms with van der Waals surface area (Å²) in [5, 5.41) is 10.7. The molecule has 0 aromatic heterocycles. The molecular weight excluding hydrogens is 284 g/mol. The second-order valence-corrected chi connectivity index (χ2v) is 6.92. The largest absolute Gasteiger partial charge is 1.00 e. The maximum absolute atomic E-state index is 10.7. The molecule has 3 nitrogen and oxygen atoms in total. The Hall–Kier alpha value is -0.530. The van der Waals surface area contributed by atoms with Gasteiger partial charge in [-0.1, -0.05) is 24.0 Å². The lowest BCUT2D eigenvalue weighted by atomic mass is 9.80. The van der Waals surface area contributed by atoms with Gasteiger partial charge in [0.1, 0.15) is 5.60 Å². The molecule has 1 saturated heterocycles. The minimum atomic E-state index is -0.823. The third-order valence-corrected chi connectivity index (χ3v) is 5.24. The highest BCUT2D eigenvalue weighted by molar-refractivity contribution is 5.22. The summed E-state index contributed by atoms with van der Waals surface area (Å²) in [7, 11) is 2.16. The van der Waals surface area contributed by atoms with Gasteiger partial charge in [-0.2, -0.15) is 0 Å². The van der Waals surface area contributed by atoms with Crippen molar-refractivity contribution < 1.29 is 17.5 Å². The van der Waals surface area contributed by atoms with E-state index in [-0.39, 0.29) is 12.4 Å². The highest BCUT2D eigenvalue weighted by atomic mass is 35.5. The van der Waals surface area contributed by atoms with Crippen molar-refractivity contribution in [3.63, 3.8) is 0 Å². The number of fused-ring (bicyclic) bond motifs is 2. The lowest BCUT2D eigenvalue weighted by Gasteiger charge is -2.31. The molecule has 4 heteroatoms. The standard InChI is InChI=1S/C17H26N2O.ClH/c1-17(20,16-13-14-4-5-15(16)12-14)6-3-7-19-10-8-18(2)9-11-19;/h4-5,14-16,20H,7-13H2,1-2H3;1H/p-1. The van der Waals surface area contributed by atoms with Crippen LogP contribution in [0.5, 0.6) is 0 Å². The minimum absolute atomic E-state index is 0. The van der Waals surface area contributed by atoms with Gasteiger partial charge in [-0.25, -0.2) is 0 Å². The molecule has 1 saturated carbocycles. The molecule has 1 N–H and O–H groups in total. The van der Waals surface area contributed by atoms with Crippen molar-refractivity contribution in [3.05, 3.63) is 12.2 Å². The molecule has 0 radical (unpaired) electrons. The van der Waals surface area contributed by atoms with Crippen LogP contribution in [0.1, 0.15) is 19.8 Å². The number of likely N-dealkylation sites (N-methyl/N-ethyl adjacent to an activating group) is 1. The molecule has 21 heavy (non-hydrogen) atoms. The quantitative estimate of drug-likeness (QED) is 0.482. The van der Waals surface area contributed by atoms with E-state index in [9.17, 15) is 5.11 Å². The lowest BCUT2D eigenvalue weighted by molar-refractivity contribution is -0.0000132. The molecule has 3 rings (SSSR count). The number of nitrogens with zero attached hydrogens (tertiary/aromatic N) is 2. The number of hydrogen-bond donors (Lipinski definition) is 1. The molecule has 2 aliphatic carbocycles. The molecule has 0 aromatic rings. The van der Waals surface area contributed by atoms with Crippen LogP contribution in [0, 0.1) is 29.6 Å². The fourth-order valence-corrected chi connectivity index (χ4v) is 3.86. The van der Waals surface area contributed by atoms with E-state index in [2.05, 4.69) is 40.8 Å². The topological polar surface area (TPSA) is 26.7 Å². The molecule has 4 unspecified atom stereocenters. The van der Waals surface area contributed by atoms with E-state index in [1.54, 1.807) is 0 Å². The summed E-state index contributed by atoms with van der Waals surface area (Å²) in [6, 6.07) is 0. The van der Waals surface area contributed by atoms with Crippen molar-refractivity contribution in [2.45, 2.75) is 25.4 Å². The molecule has 0 spiro atoms. The zero-order chi connectivity index (χ0) is 14.2. The van der Waals surface area contributed by atoms with Gasteiger partial charge in [0, 0.05) is 32.1 Å². The summed E-state index contributed by atoms with van der Waals surface area (Å²) in [5.74, 6) is 7.96. The molecule has 1 heterocycles. The van der Waals surface area contributed by atoms with E-state index in [0.717, 1.165) is 39.1 Å². The molecule has 118 valence electrons. The summed E-state index contributed by atoms with van der Waals surface area (Å²) in [5.41, 5.74) is -0.823. The van der Waals surface area contributed by atoms with E-state index in [4.69, 9.17) is 0 Å². The van der Waals surface area contributed by atoms with Crippen LogP contribution >= 0.6 is 0 Å². The fourth-order valence-electron chi connectivity index (χ4n) is 3.86. The van der Waals surface area contributed by atoms with Crippen molar-refractivity contribution in [1.82, 2.24) is 9.80 Å². The summed E-state index contributed by atoms with van der Waals surface area (Å²) < 4.78 is 0. The van der Waals surface area contributed by atoms with Crippen molar-refractivity contribution in [1.29, 1.82) is 0 Å². The van der Waals surface area contributed by atoms with E-state index < -0.39 is 5.60 Å². The number of halogens is 1. The predicted molar refractivity (Wildman–Crippen MR) is 81.2 cm³/mol. The van der Waals surface area contributed by atoms with Gasteiger partial charge in [-0.3, -0.25) is 4.90 Å². The zero-order valence-electron chi connectivity index (χ0n) is 13.1. The maximum atomic E-state index is 10.7. The first-order valence-electron chi connectivity index (χ1n) is 7.86. The van der Waals surface area contributed by atoms with Gasteiger partial charge in [-0.15, -0.1) is 0 Å². The van der Waals surface area contributed by atoms with E-state index in [0.29, 0.717) is 17.8 Å². The Morgan fingerprint density at radius 2 is 1.90 bits per heavy atom. The zero-order valence-corrected chi connectivity index (χ0v) is 13.8. The SMILES string of the molecule is CN1CCN(CC#CC(C)(O)C2CC3C=CC2C3)CC1.[Cl-]. The van der Waals surface area contributed by atoms with Gasteiger partial charge in [0.05, 0.1) is 6.54 Å². The van der Waals surface area contributed by atoms with E-state index in [1.807, 2.05) is 6.92 Å². The molecule has 2 fully saturated rings. The third-order valence-electron chi connectivity index (χ3n) is 5.24. The Bertz CT molecular complexity index is 443.